The number of nitrogen functional groups attached to an aromatic ring is 1. The van der Waals surface area contributed by atoms with Crippen LogP contribution in [0.5, 0.6) is 0 Å². The van der Waals surface area contributed by atoms with E-state index in [4.69, 9.17) is 10.7 Å². The number of hydrogen-bond acceptors (Lipinski definition) is 6. The Morgan fingerprint density at radius 2 is 2.00 bits per heavy atom. The van der Waals surface area contributed by atoms with Crippen LogP contribution in [0.3, 0.4) is 0 Å². The highest BCUT2D eigenvalue weighted by Crippen LogP contribution is 2.47. The molecule has 0 saturated carbocycles. The number of rotatable bonds is 6. The molecule has 0 aliphatic carbocycles. The molecule has 160 valence electrons. The van der Waals surface area contributed by atoms with Crippen LogP contribution in [0, 0.1) is 5.82 Å². The van der Waals surface area contributed by atoms with Gasteiger partial charge in [-0.05, 0) is 44.0 Å². The fourth-order valence-corrected chi connectivity index (χ4v) is 5.46. The molecule has 1 aromatic carbocycles. The van der Waals surface area contributed by atoms with Crippen LogP contribution in [0.15, 0.2) is 47.1 Å². The van der Waals surface area contributed by atoms with Gasteiger partial charge in [-0.2, -0.15) is 0 Å². The fourth-order valence-electron chi connectivity index (χ4n) is 4.18. The van der Waals surface area contributed by atoms with E-state index >= 15 is 0 Å². The van der Waals surface area contributed by atoms with Crippen molar-refractivity contribution >= 4 is 29.0 Å². The molecular formula is C23H30FN5S. The highest BCUT2D eigenvalue weighted by Gasteiger charge is 2.29. The number of hydrogen-bond donors (Lipinski definition) is 1. The van der Waals surface area contributed by atoms with Gasteiger partial charge < -0.3 is 20.4 Å². The molecule has 0 radical (unpaired) electrons. The van der Waals surface area contributed by atoms with E-state index in [0.29, 0.717) is 0 Å². The monoisotopic (exact) mass is 427 g/mol. The van der Waals surface area contributed by atoms with Gasteiger partial charge in [-0.25, -0.2) is 9.37 Å². The molecule has 4 rings (SSSR count). The molecule has 1 unspecified atom stereocenters. The van der Waals surface area contributed by atoms with Gasteiger partial charge in [-0.15, -0.1) is 0 Å². The maximum Gasteiger partial charge on any atom is 0.148 e. The fraction of sp³-hybridized carbons (Fsp3) is 0.435. The third-order valence-electron chi connectivity index (χ3n) is 6.07. The van der Waals surface area contributed by atoms with Gasteiger partial charge in [0.25, 0.3) is 0 Å². The summed E-state index contributed by atoms with van der Waals surface area (Å²) in [5, 5.41) is 0.249. The first-order chi connectivity index (χ1) is 14.4. The van der Waals surface area contributed by atoms with E-state index in [2.05, 4.69) is 40.8 Å². The summed E-state index contributed by atoms with van der Waals surface area (Å²) < 4.78 is 13.8. The lowest BCUT2D eigenvalue weighted by Gasteiger charge is -2.27. The Hall–Kier alpha value is -2.41. The predicted molar refractivity (Wildman–Crippen MR) is 125 cm³/mol. The number of anilines is 3. The van der Waals surface area contributed by atoms with Gasteiger partial charge in [0.2, 0.25) is 0 Å². The van der Waals surface area contributed by atoms with Crippen molar-refractivity contribution < 1.29 is 4.39 Å². The second-order valence-electron chi connectivity index (χ2n) is 8.11. The smallest absolute Gasteiger partial charge is 0.148 e. The maximum atomic E-state index is 13.8. The van der Waals surface area contributed by atoms with Crippen LogP contribution >= 0.6 is 11.8 Å². The first-order valence-corrected chi connectivity index (χ1v) is 11.4. The van der Waals surface area contributed by atoms with E-state index in [0.717, 1.165) is 37.6 Å². The summed E-state index contributed by atoms with van der Waals surface area (Å²) in [6.45, 7) is 5.21. The van der Waals surface area contributed by atoms with E-state index < -0.39 is 0 Å². The van der Waals surface area contributed by atoms with Crippen molar-refractivity contribution in [2.24, 2.45) is 0 Å². The van der Waals surface area contributed by atoms with Crippen molar-refractivity contribution in [2.75, 3.05) is 49.3 Å². The zero-order valence-electron chi connectivity index (χ0n) is 17.9. The van der Waals surface area contributed by atoms with Gasteiger partial charge in [0.15, 0.2) is 0 Å². The van der Waals surface area contributed by atoms with Gasteiger partial charge in [0.1, 0.15) is 17.0 Å². The summed E-state index contributed by atoms with van der Waals surface area (Å²) in [6, 6.07) is 9.36. The second-order valence-corrected chi connectivity index (χ2v) is 9.40. The molecule has 3 heterocycles. The summed E-state index contributed by atoms with van der Waals surface area (Å²) in [5.41, 5.74) is 9.18. The molecule has 7 heteroatoms. The summed E-state index contributed by atoms with van der Waals surface area (Å²) in [6.07, 6.45) is 5.44. The molecule has 0 bridgehead atoms. The first kappa shape index (κ1) is 20.8. The molecule has 2 aliphatic heterocycles. The molecule has 2 aliphatic rings. The van der Waals surface area contributed by atoms with Crippen molar-refractivity contribution in [1.82, 2.24) is 9.88 Å². The molecule has 1 saturated heterocycles. The van der Waals surface area contributed by atoms with Crippen molar-refractivity contribution in [2.45, 2.75) is 31.6 Å². The Labute approximate surface area is 182 Å². The average Bonchev–Trinajstić information content (AvgIpc) is 3.37. The minimum atomic E-state index is -0.367. The molecule has 2 aromatic rings. The number of pyridine rings is 1. The Bertz CT molecular complexity index is 924. The number of allylic oxidation sites excluding steroid dienone is 1. The van der Waals surface area contributed by atoms with Crippen LogP contribution in [0.2, 0.25) is 0 Å². The number of nitrogens with two attached hydrogens (primary N) is 1. The summed E-state index contributed by atoms with van der Waals surface area (Å²) in [7, 11) is 4.14. The van der Waals surface area contributed by atoms with Crippen LogP contribution in [0.1, 0.15) is 37.1 Å². The highest BCUT2D eigenvalue weighted by atomic mass is 32.2. The topological polar surface area (TPSA) is 48.6 Å². The van der Waals surface area contributed by atoms with Crippen LogP contribution in [-0.2, 0) is 0 Å². The number of nitrogens with zero attached hydrogens (tertiary/aromatic N) is 4. The zero-order valence-corrected chi connectivity index (χ0v) is 18.8. The molecule has 5 nitrogen and oxygen atoms in total. The van der Waals surface area contributed by atoms with Gasteiger partial charge in [-0.1, -0.05) is 17.8 Å². The Morgan fingerprint density at radius 1 is 1.23 bits per heavy atom. The van der Waals surface area contributed by atoms with Crippen molar-refractivity contribution in [3.05, 3.63) is 58.5 Å². The number of halogens is 1. The number of benzene rings is 1. The molecule has 2 N–H and O–H groups in total. The van der Waals surface area contributed by atoms with Crippen LogP contribution in [0.25, 0.3) is 0 Å². The lowest BCUT2D eigenvalue weighted by molar-refractivity contribution is 0.394. The van der Waals surface area contributed by atoms with Gasteiger partial charge in [-0.3, -0.25) is 0 Å². The molecule has 0 spiro atoms. The first-order valence-electron chi connectivity index (χ1n) is 10.5. The molecule has 30 heavy (non-hydrogen) atoms. The van der Waals surface area contributed by atoms with Gasteiger partial charge >= 0.3 is 0 Å². The van der Waals surface area contributed by atoms with Crippen molar-refractivity contribution in [3.63, 3.8) is 0 Å². The van der Waals surface area contributed by atoms with E-state index in [1.807, 2.05) is 31.1 Å². The number of thioether (sulfide) groups is 1. The Kier molecular flexibility index (Phi) is 6.09. The minimum Gasteiger partial charge on any atom is -0.396 e. The van der Waals surface area contributed by atoms with Gasteiger partial charge in [0, 0.05) is 68.2 Å². The molecular weight excluding hydrogens is 397 g/mol. The molecule has 1 atom stereocenters. The largest absolute Gasteiger partial charge is 0.396 e. The molecule has 0 amide bonds. The Morgan fingerprint density at radius 3 is 2.67 bits per heavy atom. The quantitative estimate of drug-likeness (QED) is 0.666. The normalized spacial score (nSPS) is 19.1. The van der Waals surface area contributed by atoms with E-state index in [9.17, 15) is 4.39 Å². The SMILES string of the molecule is CC1=C(CCN(C)c2ccc(N)c(F)c2)N(C)C(c2ccc(N3CCCC3)nc2)S1. The standard InChI is InChI=1S/C23H30FN5S/c1-16-21(10-13-27(2)18-7-8-20(25)19(24)14-18)28(3)23(30-16)17-6-9-22(26-15-17)29-11-4-5-12-29/h6-9,14-15,23H,4-5,10-13,25H2,1-3H3. The summed E-state index contributed by atoms with van der Waals surface area (Å²) in [4.78, 5) is 12.9. The van der Waals surface area contributed by atoms with Crippen LogP contribution in [0.4, 0.5) is 21.6 Å². The molecule has 1 aromatic heterocycles. The van der Waals surface area contributed by atoms with Gasteiger partial charge in [0.05, 0.1) is 5.69 Å². The molecule has 1 fully saturated rings. The highest BCUT2D eigenvalue weighted by molar-refractivity contribution is 8.03. The lowest BCUT2D eigenvalue weighted by atomic mass is 10.2. The van der Waals surface area contributed by atoms with E-state index in [1.54, 1.807) is 6.07 Å². The van der Waals surface area contributed by atoms with E-state index in [-0.39, 0.29) is 16.9 Å². The predicted octanol–water partition coefficient (Wildman–Crippen LogP) is 4.84. The van der Waals surface area contributed by atoms with Crippen molar-refractivity contribution in [3.8, 4) is 0 Å². The van der Waals surface area contributed by atoms with E-state index in [1.165, 1.54) is 35.1 Å². The third kappa shape index (κ3) is 4.21. The zero-order chi connectivity index (χ0) is 21.3. The third-order valence-corrected chi connectivity index (χ3v) is 7.47. The number of aromatic nitrogens is 1. The van der Waals surface area contributed by atoms with Crippen LogP contribution < -0.4 is 15.5 Å². The summed E-state index contributed by atoms with van der Waals surface area (Å²) >= 11 is 1.88. The summed E-state index contributed by atoms with van der Waals surface area (Å²) in [5.74, 6) is 0.720. The van der Waals surface area contributed by atoms with Crippen molar-refractivity contribution in [1.29, 1.82) is 0 Å². The maximum absolute atomic E-state index is 13.8. The average molecular weight is 428 g/mol. The Balaban J connectivity index is 1.39. The minimum absolute atomic E-state index is 0.185. The second kappa shape index (κ2) is 8.76. The lowest BCUT2D eigenvalue weighted by Crippen LogP contribution is -2.24. The van der Waals surface area contributed by atoms with Crippen LogP contribution in [-0.4, -0.2) is 43.6 Å².